The van der Waals surface area contributed by atoms with Crippen LogP contribution in [0.1, 0.15) is 34.3 Å². The Bertz CT molecular complexity index is 797. The molecule has 0 unspecified atom stereocenters. The van der Waals surface area contributed by atoms with Crippen molar-refractivity contribution in [3.63, 3.8) is 0 Å². The van der Waals surface area contributed by atoms with Crippen molar-refractivity contribution in [1.29, 1.82) is 0 Å². The lowest BCUT2D eigenvalue weighted by Gasteiger charge is -2.20. The average Bonchev–Trinajstić information content (AvgIpc) is 3.10. The van der Waals surface area contributed by atoms with Gasteiger partial charge in [0, 0.05) is 24.3 Å². The molecule has 130 valence electrons. The van der Waals surface area contributed by atoms with Crippen molar-refractivity contribution in [2.24, 2.45) is 0 Å². The van der Waals surface area contributed by atoms with Crippen LogP contribution in [0.25, 0.3) is 0 Å². The maximum absolute atomic E-state index is 12.7. The second-order valence-corrected chi connectivity index (χ2v) is 6.32. The number of nitrogens with zero attached hydrogens (tertiary/aromatic N) is 1. The van der Waals surface area contributed by atoms with Gasteiger partial charge in [-0.05, 0) is 43.5 Å². The van der Waals surface area contributed by atoms with Gasteiger partial charge in [-0.15, -0.1) is 0 Å². The number of aryl methyl sites for hydroxylation is 1. The first-order chi connectivity index (χ1) is 12.0. The van der Waals surface area contributed by atoms with E-state index >= 15 is 0 Å². The first-order valence-corrected chi connectivity index (χ1v) is 8.43. The highest BCUT2D eigenvalue weighted by molar-refractivity contribution is 5.96. The molecule has 0 atom stereocenters. The number of hydrogen-bond donors (Lipinski definition) is 3. The Labute approximate surface area is 147 Å². The summed E-state index contributed by atoms with van der Waals surface area (Å²) >= 11 is 0. The first kappa shape index (κ1) is 16.9. The number of anilines is 1. The first-order valence-electron chi connectivity index (χ1n) is 8.43. The zero-order valence-electron chi connectivity index (χ0n) is 14.3. The van der Waals surface area contributed by atoms with Gasteiger partial charge in [0.2, 0.25) is 5.88 Å². The number of benzene rings is 2. The topological polar surface area (TPSA) is 78.6 Å². The van der Waals surface area contributed by atoms with Gasteiger partial charge in [0.15, 0.2) is 0 Å². The molecule has 0 aliphatic carbocycles. The van der Waals surface area contributed by atoms with Gasteiger partial charge in [-0.1, -0.05) is 35.9 Å². The largest absolute Gasteiger partial charge is 0.494 e. The SMILES string of the molecule is Cc1ccc(CN/C(O)=C2\CCCN2C(=O)c2cccc(N)c2)cc1. The number of aliphatic hydroxyl groups is 1. The molecule has 0 saturated carbocycles. The number of allylic oxidation sites excluding steroid dienone is 1. The molecule has 1 saturated heterocycles. The number of nitrogens with one attached hydrogen (secondary N) is 1. The molecule has 1 amide bonds. The Morgan fingerprint density at radius 2 is 2.00 bits per heavy atom. The molecule has 5 heteroatoms. The van der Waals surface area contributed by atoms with E-state index in [0.717, 1.165) is 12.0 Å². The van der Waals surface area contributed by atoms with E-state index in [9.17, 15) is 9.90 Å². The van der Waals surface area contributed by atoms with Crippen LogP contribution in [0.4, 0.5) is 5.69 Å². The van der Waals surface area contributed by atoms with Crippen molar-refractivity contribution in [2.75, 3.05) is 12.3 Å². The van der Waals surface area contributed by atoms with Gasteiger partial charge >= 0.3 is 0 Å². The van der Waals surface area contributed by atoms with Crippen LogP contribution in [0.3, 0.4) is 0 Å². The molecule has 1 heterocycles. The smallest absolute Gasteiger partial charge is 0.258 e. The fourth-order valence-electron chi connectivity index (χ4n) is 2.97. The summed E-state index contributed by atoms with van der Waals surface area (Å²) in [5, 5.41) is 13.5. The van der Waals surface area contributed by atoms with Crippen molar-refractivity contribution in [1.82, 2.24) is 10.2 Å². The zero-order chi connectivity index (χ0) is 17.8. The number of carbonyl (C=O) groups excluding carboxylic acids is 1. The third-order valence-electron chi connectivity index (χ3n) is 4.35. The molecule has 4 N–H and O–H groups in total. The fourth-order valence-corrected chi connectivity index (χ4v) is 2.97. The molecular weight excluding hydrogens is 314 g/mol. The Kier molecular flexibility index (Phi) is 4.93. The van der Waals surface area contributed by atoms with E-state index in [2.05, 4.69) is 5.32 Å². The molecule has 0 bridgehead atoms. The van der Waals surface area contributed by atoms with Crippen LogP contribution < -0.4 is 11.1 Å². The van der Waals surface area contributed by atoms with Crippen LogP contribution in [0.15, 0.2) is 60.1 Å². The van der Waals surface area contributed by atoms with Gasteiger partial charge in [0.05, 0.1) is 5.70 Å². The number of nitrogens with two attached hydrogens (primary N) is 1. The minimum absolute atomic E-state index is 0.0651. The molecule has 0 radical (unpaired) electrons. The third-order valence-corrected chi connectivity index (χ3v) is 4.35. The van der Waals surface area contributed by atoms with Crippen LogP contribution in [-0.4, -0.2) is 22.5 Å². The van der Waals surface area contributed by atoms with E-state index in [1.807, 2.05) is 31.2 Å². The van der Waals surface area contributed by atoms with Crippen molar-refractivity contribution in [2.45, 2.75) is 26.3 Å². The maximum Gasteiger partial charge on any atom is 0.258 e. The lowest BCUT2D eigenvalue weighted by Crippen LogP contribution is -2.29. The summed E-state index contributed by atoms with van der Waals surface area (Å²) < 4.78 is 0. The molecule has 1 fully saturated rings. The summed E-state index contributed by atoms with van der Waals surface area (Å²) in [4.78, 5) is 14.4. The van der Waals surface area contributed by atoms with Crippen molar-refractivity contribution >= 4 is 11.6 Å². The van der Waals surface area contributed by atoms with E-state index in [1.54, 1.807) is 29.2 Å². The number of aliphatic hydroxyl groups excluding tert-OH is 1. The van der Waals surface area contributed by atoms with E-state index < -0.39 is 0 Å². The number of rotatable bonds is 4. The summed E-state index contributed by atoms with van der Waals surface area (Å²) in [5.74, 6) is -0.0705. The van der Waals surface area contributed by atoms with Crippen molar-refractivity contribution in [3.05, 3.63) is 76.8 Å². The normalized spacial score (nSPS) is 16.0. The van der Waals surface area contributed by atoms with Gasteiger partial charge in [-0.3, -0.25) is 4.79 Å². The van der Waals surface area contributed by atoms with Gasteiger partial charge < -0.3 is 21.1 Å². The van der Waals surface area contributed by atoms with E-state index in [1.165, 1.54) is 5.56 Å². The molecule has 3 rings (SSSR count). The average molecular weight is 337 g/mol. The summed E-state index contributed by atoms with van der Waals surface area (Å²) in [5.41, 5.74) is 9.76. The molecule has 1 aliphatic rings. The molecule has 0 spiro atoms. The van der Waals surface area contributed by atoms with Crippen LogP contribution in [-0.2, 0) is 6.54 Å². The maximum atomic E-state index is 12.7. The quantitative estimate of drug-likeness (QED) is 0.591. The second kappa shape index (κ2) is 7.30. The minimum atomic E-state index is -0.136. The summed E-state index contributed by atoms with van der Waals surface area (Å²) in [6.45, 7) is 3.14. The Balaban J connectivity index is 1.73. The Morgan fingerprint density at radius 1 is 1.24 bits per heavy atom. The summed E-state index contributed by atoms with van der Waals surface area (Å²) in [7, 11) is 0. The lowest BCUT2D eigenvalue weighted by atomic mass is 10.1. The predicted molar refractivity (Wildman–Crippen MR) is 98.8 cm³/mol. The number of hydrogen-bond acceptors (Lipinski definition) is 4. The van der Waals surface area contributed by atoms with Gasteiger partial charge in [-0.25, -0.2) is 0 Å². The molecule has 5 nitrogen and oxygen atoms in total. The number of amides is 1. The van der Waals surface area contributed by atoms with Crippen LogP contribution in [0.2, 0.25) is 0 Å². The fraction of sp³-hybridized carbons (Fsp3) is 0.250. The third kappa shape index (κ3) is 3.94. The minimum Gasteiger partial charge on any atom is -0.494 e. The highest BCUT2D eigenvalue weighted by Gasteiger charge is 2.27. The number of carbonyl (C=O) groups is 1. The van der Waals surface area contributed by atoms with E-state index in [0.29, 0.717) is 36.5 Å². The van der Waals surface area contributed by atoms with Gasteiger partial charge in [-0.2, -0.15) is 0 Å². The highest BCUT2D eigenvalue weighted by Crippen LogP contribution is 2.25. The number of nitrogen functional groups attached to an aromatic ring is 1. The zero-order valence-corrected chi connectivity index (χ0v) is 14.3. The van der Waals surface area contributed by atoms with E-state index in [-0.39, 0.29) is 11.8 Å². The predicted octanol–water partition coefficient (Wildman–Crippen LogP) is 3.33. The van der Waals surface area contributed by atoms with Crippen molar-refractivity contribution < 1.29 is 9.90 Å². The summed E-state index contributed by atoms with van der Waals surface area (Å²) in [6.07, 6.45) is 1.50. The molecule has 1 aliphatic heterocycles. The molecule has 2 aromatic carbocycles. The second-order valence-electron chi connectivity index (χ2n) is 6.32. The Hall–Kier alpha value is -2.95. The highest BCUT2D eigenvalue weighted by atomic mass is 16.3. The van der Waals surface area contributed by atoms with E-state index in [4.69, 9.17) is 5.73 Å². The van der Waals surface area contributed by atoms with Crippen LogP contribution in [0.5, 0.6) is 0 Å². The number of likely N-dealkylation sites (tertiary alicyclic amines) is 1. The van der Waals surface area contributed by atoms with Crippen LogP contribution in [0, 0.1) is 6.92 Å². The van der Waals surface area contributed by atoms with Gasteiger partial charge in [0.25, 0.3) is 5.91 Å². The monoisotopic (exact) mass is 337 g/mol. The summed E-state index contributed by atoms with van der Waals surface area (Å²) in [6, 6.07) is 15.0. The molecular formula is C20H23N3O2. The standard InChI is InChI=1S/C20H23N3O2/c1-14-7-9-15(10-8-14)13-22-19(24)18-6-3-11-23(18)20(25)16-4-2-5-17(21)12-16/h2,4-5,7-10,12,22,24H,3,6,11,13,21H2,1H3/b19-18-. The Morgan fingerprint density at radius 3 is 2.72 bits per heavy atom. The van der Waals surface area contributed by atoms with Crippen LogP contribution >= 0.6 is 0 Å². The molecule has 25 heavy (non-hydrogen) atoms. The lowest BCUT2D eigenvalue weighted by molar-refractivity contribution is 0.0817. The van der Waals surface area contributed by atoms with Gasteiger partial charge in [0.1, 0.15) is 0 Å². The molecule has 2 aromatic rings. The molecule has 0 aromatic heterocycles. The van der Waals surface area contributed by atoms with Crippen molar-refractivity contribution in [3.8, 4) is 0 Å².